The van der Waals surface area contributed by atoms with Gasteiger partial charge in [0.2, 0.25) is 5.91 Å². The van der Waals surface area contributed by atoms with Crippen molar-refractivity contribution in [3.05, 3.63) is 74.0 Å². The molecule has 168 valence electrons. The van der Waals surface area contributed by atoms with Gasteiger partial charge in [-0.05, 0) is 38.1 Å². The molecule has 0 aliphatic rings. The molecule has 32 heavy (non-hydrogen) atoms. The first-order valence-corrected chi connectivity index (χ1v) is 9.88. The number of amides is 1. The molecule has 1 amide bonds. The highest BCUT2D eigenvalue weighted by atomic mass is 35.5. The number of benzene rings is 2. The summed E-state index contributed by atoms with van der Waals surface area (Å²) >= 11 is 11.9. The molecule has 0 fully saturated rings. The zero-order valence-corrected chi connectivity index (χ0v) is 18.2. The van der Waals surface area contributed by atoms with E-state index in [0.717, 1.165) is 16.8 Å². The third-order valence-electron chi connectivity index (χ3n) is 4.40. The Morgan fingerprint density at radius 1 is 1.22 bits per heavy atom. The lowest BCUT2D eigenvalue weighted by Crippen LogP contribution is -2.25. The van der Waals surface area contributed by atoms with Gasteiger partial charge in [0.25, 0.3) is 12.1 Å². The normalized spacial score (nSPS) is 12.0. The number of ether oxygens (including phenoxy) is 1. The largest absolute Gasteiger partial charge is 0.455 e. The van der Waals surface area contributed by atoms with Gasteiger partial charge in [0.15, 0.2) is 0 Å². The number of hydrogen-bond acceptors (Lipinski definition) is 5. The monoisotopic (exact) mass is 484 g/mol. The third kappa shape index (κ3) is 5.32. The van der Waals surface area contributed by atoms with Gasteiger partial charge in [0.05, 0.1) is 21.7 Å². The molecule has 0 saturated carbocycles. The molecule has 0 saturated heterocycles. The zero-order valence-electron chi connectivity index (χ0n) is 16.7. The Labute approximate surface area is 190 Å². The lowest BCUT2D eigenvalue weighted by Gasteiger charge is -2.15. The maximum Gasteiger partial charge on any atom is 0.282 e. The van der Waals surface area contributed by atoms with E-state index in [-0.39, 0.29) is 27.9 Å². The number of aryl methyl sites for hydroxylation is 1. The molecule has 0 bridgehead atoms. The highest BCUT2D eigenvalue weighted by Gasteiger charge is 2.22. The fourth-order valence-corrected chi connectivity index (χ4v) is 3.32. The third-order valence-corrected chi connectivity index (χ3v) is 4.93. The van der Waals surface area contributed by atoms with Crippen molar-refractivity contribution in [2.45, 2.75) is 26.3 Å². The summed E-state index contributed by atoms with van der Waals surface area (Å²) < 4.78 is 32.6. The molecule has 0 aliphatic heterocycles. The van der Waals surface area contributed by atoms with Crippen LogP contribution in [-0.4, -0.2) is 20.6 Å². The molecule has 1 N–H and O–H groups in total. The van der Waals surface area contributed by atoms with Crippen LogP contribution in [0.4, 0.5) is 20.2 Å². The standard InChI is InChI=1S/C20H16Cl2F2N4O4/c1-10-5-17(19(23)24)26-27(10)11(2)20(29)25-13-7-14(28(30)31)9-15(8-13)32-18-4-3-12(21)6-16(18)22/h3-9,11,19H,1-2H3,(H,25,29). The molecule has 3 rings (SSSR count). The second-order valence-corrected chi connectivity index (χ2v) is 7.61. The minimum absolute atomic E-state index is 0.0432. The summed E-state index contributed by atoms with van der Waals surface area (Å²) in [4.78, 5) is 23.4. The number of carbonyl (C=O) groups is 1. The Bertz CT molecular complexity index is 1190. The van der Waals surface area contributed by atoms with Gasteiger partial charge in [0, 0.05) is 22.8 Å². The molecule has 1 atom stereocenters. The molecule has 0 radical (unpaired) electrons. The number of non-ortho nitro benzene ring substituents is 1. The molecule has 1 unspecified atom stereocenters. The van der Waals surface area contributed by atoms with E-state index in [0.29, 0.717) is 10.7 Å². The minimum atomic E-state index is -2.78. The number of alkyl halides is 2. The number of aromatic nitrogens is 2. The fourth-order valence-electron chi connectivity index (χ4n) is 2.87. The van der Waals surface area contributed by atoms with E-state index in [1.54, 1.807) is 0 Å². The predicted octanol–water partition coefficient (Wildman–Crippen LogP) is 6.34. The number of nitrogens with one attached hydrogen (secondary N) is 1. The van der Waals surface area contributed by atoms with Crippen molar-refractivity contribution in [2.75, 3.05) is 5.32 Å². The van der Waals surface area contributed by atoms with Gasteiger partial charge in [0.1, 0.15) is 23.2 Å². The quantitative estimate of drug-likeness (QED) is 0.311. The smallest absolute Gasteiger partial charge is 0.282 e. The number of nitro benzene ring substituents is 1. The topological polar surface area (TPSA) is 99.3 Å². The number of halogens is 4. The lowest BCUT2D eigenvalue weighted by atomic mass is 10.2. The number of nitro groups is 1. The van der Waals surface area contributed by atoms with E-state index in [1.807, 2.05) is 0 Å². The zero-order chi connectivity index (χ0) is 23.6. The Morgan fingerprint density at radius 2 is 1.94 bits per heavy atom. The van der Waals surface area contributed by atoms with Crippen LogP contribution in [0.5, 0.6) is 11.5 Å². The van der Waals surface area contributed by atoms with Crippen LogP contribution in [0.1, 0.15) is 30.8 Å². The van der Waals surface area contributed by atoms with Crippen molar-refractivity contribution < 1.29 is 23.2 Å². The van der Waals surface area contributed by atoms with Crippen molar-refractivity contribution in [1.29, 1.82) is 0 Å². The van der Waals surface area contributed by atoms with Crippen molar-refractivity contribution in [2.24, 2.45) is 0 Å². The first-order chi connectivity index (χ1) is 15.0. The molecule has 3 aromatic rings. The summed E-state index contributed by atoms with van der Waals surface area (Å²) in [5.74, 6) is -0.372. The van der Waals surface area contributed by atoms with Gasteiger partial charge in [-0.1, -0.05) is 23.2 Å². The van der Waals surface area contributed by atoms with Crippen LogP contribution in [0.25, 0.3) is 0 Å². The number of rotatable bonds is 7. The molecular formula is C20H16Cl2F2N4O4. The molecule has 2 aromatic carbocycles. The van der Waals surface area contributed by atoms with Crippen LogP contribution in [0.3, 0.4) is 0 Å². The van der Waals surface area contributed by atoms with E-state index in [4.69, 9.17) is 27.9 Å². The molecule has 12 heteroatoms. The van der Waals surface area contributed by atoms with Crippen LogP contribution < -0.4 is 10.1 Å². The second-order valence-electron chi connectivity index (χ2n) is 6.77. The highest BCUT2D eigenvalue weighted by molar-refractivity contribution is 6.35. The Balaban J connectivity index is 1.86. The molecule has 1 aromatic heterocycles. The second kappa shape index (κ2) is 9.49. The van der Waals surface area contributed by atoms with E-state index < -0.39 is 29.0 Å². The first kappa shape index (κ1) is 23.4. The van der Waals surface area contributed by atoms with Crippen LogP contribution in [0, 0.1) is 17.0 Å². The minimum Gasteiger partial charge on any atom is -0.455 e. The summed E-state index contributed by atoms with van der Waals surface area (Å²) in [5, 5.41) is 18.2. The van der Waals surface area contributed by atoms with Crippen molar-refractivity contribution in [3.8, 4) is 11.5 Å². The van der Waals surface area contributed by atoms with Gasteiger partial charge in [-0.15, -0.1) is 0 Å². The first-order valence-electron chi connectivity index (χ1n) is 9.12. The average Bonchev–Trinajstić information content (AvgIpc) is 3.11. The summed E-state index contributed by atoms with van der Waals surface area (Å²) in [6.45, 7) is 3.00. The predicted molar refractivity (Wildman–Crippen MR) is 115 cm³/mol. The van der Waals surface area contributed by atoms with Crippen LogP contribution >= 0.6 is 23.2 Å². The van der Waals surface area contributed by atoms with Crippen molar-refractivity contribution in [3.63, 3.8) is 0 Å². The van der Waals surface area contributed by atoms with Crippen LogP contribution in [0.15, 0.2) is 42.5 Å². The SMILES string of the molecule is Cc1cc(C(F)F)nn1C(C)C(=O)Nc1cc(Oc2ccc(Cl)cc2Cl)cc([N+](=O)[O-])c1. The maximum absolute atomic E-state index is 12.9. The number of anilines is 1. The number of nitrogens with zero attached hydrogens (tertiary/aromatic N) is 3. The van der Waals surface area contributed by atoms with Crippen LogP contribution in [0.2, 0.25) is 10.0 Å². The summed E-state index contributed by atoms with van der Waals surface area (Å²) in [7, 11) is 0. The molecule has 8 nitrogen and oxygen atoms in total. The van der Waals surface area contributed by atoms with Crippen molar-refractivity contribution >= 4 is 40.5 Å². The summed E-state index contributed by atoms with van der Waals surface area (Å²) in [5.41, 5.74) is -0.364. The van der Waals surface area contributed by atoms with E-state index in [2.05, 4.69) is 10.4 Å². The summed E-state index contributed by atoms with van der Waals surface area (Å²) in [6.07, 6.45) is -2.78. The number of carbonyl (C=O) groups excluding carboxylic acids is 1. The molecule has 1 heterocycles. The molecular weight excluding hydrogens is 469 g/mol. The van der Waals surface area contributed by atoms with Gasteiger partial charge >= 0.3 is 0 Å². The Kier molecular flexibility index (Phi) is 6.95. The van der Waals surface area contributed by atoms with Crippen LogP contribution in [-0.2, 0) is 4.79 Å². The van der Waals surface area contributed by atoms with Crippen molar-refractivity contribution in [1.82, 2.24) is 9.78 Å². The lowest BCUT2D eigenvalue weighted by molar-refractivity contribution is -0.384. The Morgan fingerprint density at radius 3 is 2.53 bits per heavy atom. The maximum atomic E-state index is 12.9. The molecule has 0 spiro atoms. The highest BCUT2D eigenvalue weighted by Crippen LogP contribution is 2.35. The molecule has 0 aliphatic carbocycles. The van der Waals surface area contributed by atoms with E-state index >= 15 is 0 Å². The van der Waals surface area contributed by atoms with Gasteiger partial charge < -0.3 is 10.1 Å². The van der Waals surface area contributed by atoms with Gasteiger partial charge in [-0.25, -0.2) is 8.78 Å². The Hall–Kier alpha value is -3.24. The number of hydrogen-bond donors (Lipinski definition) is 1. The van der Waals surface area contributed by atoms with Gasteiger partial charge in [-0.3, -0.25) is 19.6 Å². The van der Waals surface area contributed by atoms with E-state index in [9.17, 15) is 23.7 Å². The van der Waals surface area contributed by atoms with E-state index in [1.165, 1.54) is 44.2 Å². The summed E-state index contributed by atoms with van der Waals surface area (Å²) in [6, 6.07) is 8.36. The van der Waals surface area contributed by atoms with Gasteiger partial charge in [-0.2, -0.15) is 5.10 Å². The fraction of sp³-hybridized carbons (Fsp3) is 0.200. The average molecular weight is 485 g/mol.